The zero-order valence-corrected chi connectivity index (χ0v) is 12.3. The van der Waals surface area contributed by atoms with Crippen LogP contribution < -0.4 is 10.5 Å². The summed E-state index contributed by atoms with van der Waals surface area (Å²) < 4.78 is 18.2. The number of hydrogen-bond donors (Lipinski definition) is 1. The number of carbonyl (C=O) groups excluding carboxylic acids is 1. The average Bonchev–Trinajstić information content (AvgIpc) is 2.39. The third-order valence-electron chi connectivity index (χ3n) is 2.93. The Bertz CT molecular complexity index is 420. The number of halogens is 1. The third kappa shape index (κ3) is 5.57. The number of nitrogens with zero attached hydrogens (tertiary/aromatic N) is 1. The highest BCUT2D eigenvalue weighted by atomic mass is 19.1. The Morgan fingerprint density at radius 1 is 1.35 bits per heavy atom. The Balaban J connectivity index is 2.33. The summed E-state index contributed by atoms with van der Waals surface area (Å²) in [5.41, 5.74) is 5.84. The quantitative estimate of drug-likeness (QED) is 0.832. The van der Waals surface area contributed by atoms with Gasteiger partial charge in [-0.1, -0.05) is 13.8 Å². The first-order valence-corrected chi connectivity index (χ1v) is 6.79. The molecule has 0 heterocycles. The van der Waals surface area contributed by atoms with Crippen LogP contribution in [-0.4, -0.2) is 37.0 Å². The summed E-state index contributed by atoms with van der Waals surface area (Å²) in [5.74, 6) is 0.585. The van der Waals surface area contributed by atoms with Crippen molar-refractivity contribution >= 4 is 5.91 Å². The topological polar surface area (TPSA) is 55.6 Å². The van der Waals surface area contributed by atoms with Gasteiger partial charge in [-0.2, -0.15) is 0 Å². The number of rotatable bonds is 7. The van der Waals surface area contributed by atoms with Gasteiger partial charge in [-0.3, -0.25) is 4.79 Å². The Morgan fingerprint density at radius 2 is 1.95 bits per heavy atom. The van der Waals surface area contributed by atoms with Gasteiger partial charge in [0.25, 0.3) is 0 Å². The first kappa shape index (κ1) is 16.4. The highest BCUT2D eigenvalue weighted by Crippen LogP contribution is 2.11. The standard InChI is InChI=1S/C15H23FN2O2/c1-11(2)10-14(17)15(19)18(3)8-9-20-13-6-4-12(16)5-7-13/h4-7,11,14H,8-10,17H2,1-3H3/t14-/m0/s1. The smallest absolute Gasteiger partial charge is 0.239 e. The summed E-state index contributed by atoms with van der Waals surface area (Å²) in [6, 6.07) is 5.32. The van der Waals surface area contributed by atoms with Gasteiger partial charge in [0, 0.05) is 7.05 Å². The average molecular weight is 282 g/mol. The number of likely N-dealkylation sites (N-methyl/N-ethyl adjacent to an activating group) is 1. The molecule has 0 saturated heterocycles. The molecule has 0 aliphatic carbocycles. The van der Waals surface area contributed by atoms with E-state index in [-0.39, 0.29) is 11.7 Å². The van der Waals surface area contributed by atoms with Crippen molar-refractivity contribution in [3.63, 3.8) is 0 Å². The van der Waals surface area contributed by atoms with Crippen molar-refractivity contribution in [2.75, 3.05) is 20.2 Å². The lowest BCUT2D eigenvalue weighted by molar-refractivity contribution is -0.131. The maximum absolute atomic E-state index is 12.7. The molecule has 4 nitrogen and oxygen atoms in total. The molecule has 1 atom stereocenters. The minimum Gasteiger partial charge on any atom is -0.492 e. The van der Waals surface area contributed by atoms with Crippen LogP contribution in [0.1, 0.15) is 20.3 Å². The molecule has 0 spiro atoms. The molecule has 1 aromatic rings. The Hall–Kier alpha value is -1.62. The van der Waals surface area contributed by atoms with E-state index in [4.69, 9.17) is 10.5 Å². The lowest BCUT2D eigenvalue weighted by Gasteiger charge is -2.22. The van der Waals surface area contributed by atoms with Crippen LogP contribution in [0.15, 0.2) is 24.3 Å². The van der Waals surface area contributed by atoms with E-state index in [1.165, 1.54) is 12.1 Å². The first-order valence-electron chi connectivity index (χ1n) is 6.79. The lowest BCUT2D eigenvalue weighted by atomic mass is 10.0. The molecule has 5 heteroatoms. The van der Waals surface area contributed by atoms with Crippen molar-refractivity contribution in [1.29, 1.82) is 0 Å². The number of benzene rings is 1. The normalized spacial score (nSPS) is 12.3. The van der Waals surface area contributed by atoms with Crippen LogP contribution in [0.3, 0.4) is 0 Å². The summed E-state index contributed by atoms with van der Waals surface area (Å²) in [6.45, 7) is 4.86. The van der Waals surface area contributed by atoms with Crippen LogP contribution >= 0.6 is 0 Å². The van der Waals surface area contributed by atoms with Gasteiger partial charge in [-0.25, -0.2) is 4.39 Å². The van der Waals surface area contributed by atoms with E-state index in [1.54, 1.807) is 24.1 Å². The van der Waals surface area contributed by atoms with Crippen LogP contribution in [0.5, 0.6) is 5.75 Å². The van der Waals surface area contributed by atoms with Crippen molar-refractivity contribution in [1.82, 2.24) is 4.90 Å². The Labute approximate surface area is 119 Å². The molecular formula is C15H23FN2O2. The second-order valence-electron chi connectivity index (χ2n) is 5.30. The molecule has 0 aliphatic rings. The molecule has 0 bridgehead atoms. The molecule has 1 amide bonds. The zero-order valence-electron chi connectivity index (χ0n) is 12.3. The van der Waals surface area contributed by atoms with Crippen molar-refractivity contribution < 1.29 is 13.9 Å². The van der Waals surface area contributed by atoms with Crippen molar-refractivity contribution in [3.05, 3.63) is 30.1 Å². The SMILES string of the molecule is CC(C)C[C@H](N)C(=O)N(C)CCOc1ccc(F)cc1. The van der Waals surface area contributed by atoms with E-state index in [2.05, 4.69) is 0 Å². The Morgan fingerprint density at radius 3 is 2.50 bits per heavy atom. The van der Waals surface area contributed by atoms with E-state index in [0.29, 0.717) is 31.2 Å². The maximum atomic E-state index is 12.7. The minimum absolute atomic E-state index is 0.0820. The number of amides is 1. The molecule has 0 saturated carbocycles. The molecule has 0 radical (unpaired) electrons. The predicted molar refractivity (Wildman–Crippen MR) is 77.0 cm³/mol. The predicted octanol–water partition coefficient (Wildman–Crippen LogP) is 2.04. The Kier molecular flexibility index (Phi) is 6.45. The van der Waals surface area contributed by atoms with Crippen LogP contribution in [0.4, 0.5) is 4.39 Å². The van der Waals surface area contributed by atoms with Crippen molar-refractivity contribution in [2.24, 2.45) is 11.7 Å². The van der Waals surface area contributed by atoms with E-state index >= 15 is 0 Å². The summed E-state index contributed by atoms with van der Waals surface area (Å²) in [6.07, 6.45) is 0.669. The second kappa shape index (κ2) is 7.85. The molecule has 1 aromatic carbocycles. The molecule has 20 heavy (non-hydrogen) atoms. The van der Waals surface area contributed by atoms with Crippen LogP contribution in [0.25, 0.3) is 0 Å². The van der Waals surface area contributed by atoms with Crippen LogP contribution in [0.2, 0.25) is 0 Å². The molecule has 0 unspecified atom stereocenters. The number of ether oxygens (including phenoxy) is 1. The van der Waals surface area contributed by atoms with Crippen LogP contribution in [0, 0.1) is 11.7 Å². The van der Waals surface area contributed by atoms with E-state index in [1.807, 2.05) is 13.8 Å². The van der Waals surface area contributed by atoms with E-state index in [0.717, 1.165) is 0 Å². The monoisotopic (exact) mass is 282 g/mol. The molecule has 0 aromatic heterocycles. The van der Waals surface area contributed by atoms with Gasteiger partial charge in [-0.05, 0) is 36.6 Å². The second-order valence-corrected chi connectivity index (χ2v) is 5.30. The van der Waals surface area contributed by atoms with Gasteiger partial charge in [0.15, 0.2) is 0 Å². The number of carbonyl (C=O) groups is 1. The van der Waals surface area contributed by atoms with Gasteiger partial charge in [0.05, 0.1) is 12.6 Å². The van der Waals surface area contributed by atoms with Gasteiger partial charge in [0.2, 0.25) is 5.91 Å². The maximum Gasteiger partial charge on any atom is 0.239 e. The summed E-state index contributed by atoms with van der Waals surface area (Å²) in [7, 11) is 1.70. The molecule has 0 fully saturated rings. The molecule has 2 N–H and O–H groups in total. The van der Waals surface area contributed by atoms with Crippen molar-refractivity contribution in [2.45, 2.75) is 26.3 Å². The summed E-state index contributed by atoms with van der Waals surface area (Å²) in [4.78, 5) is 13.5. The highest BCUT2D eigenvalue weighted by Gasteiger charge is 2.18. The molecule has 0 aliphatic heterocycles. The van der Waals surface area contributed by atoms with E-state index < -0.39 is 6.04 Å². The lowest BCUT2D eigenvalue weighted by Crippen LogP contribution is -2.43. The third-order valence-corrected chi connectivity index (χ3v) is 2.93. The molecular weight excluding hydrogens is 259 g/mol. The van der Waals surface area contributed by atoms with Gasteiger partial charge < -0.3 is 15.4 Å². The fourth-order valence-electron chi connectivity index (χ4n) is 1.83. The molecule has 112 valence electrons. The summed E-state index contributed by atoms with van der Waals surface area (Å²) in [5, 5.41) is 0. The van der Waals surface area contributed by atoms with Gasteiger partial charge in [-0.15, -0.1) is 0 Å². The summed E-state index contributed by atoms with van der Waals surface area (Å²) >= 11 is 0. The fraction of sp³-hybridized carbons (Fsp3) is 0.533. The first-order chi connectivity index (χ1) is 9.40. The highest BCUT2D eigenvalue weighted by molar-refractivity contribution is 5.81. The van der Waals surface area contributed by atoms with Gasteiger partial charge in [0.1, 0.15) is 18.2 Å². The van der Waals surface area contributed by atoms with Crippen LogP contribution in [-0.2, 0) is 4.79 Å². The van der Waals surface area contributed by atoms with Gasteiger partial charge >= 0.3 is 0 Å². The zero-order chi connectivity index (χ0) is 15.1. The number of hydrogen-bond acceptors (Lipinski definition) is 3. The molecule has 1 rings (SSSR count). The number of nitrogens with two attached hydrogens (primary N) is 1. The largest absolute Gasteiger partial charge is 0.492 e. The van der Waals surface area contributed by atoms with E-state index in [9.17, 15) is 9.18 Å². The fourth-order valence-corrected chi connectivity index (χ4v) is 1.83. The van der Waals surface area contributed by atoms with Crippen molar-refractivity contribution in [3.8, 4) is 5.75 Å². The minimum atomic E-state index is -0.467.